The van der Waals surface area contributed by atoms with Crippen LogP contribution in [-0.2, 0) is 0 Å². The van der Waals surface area contributed by atoms with Crippen molar-refractivity contribution in [3.05, 3.63) is 56.1 Å². The highest BCUT2D eigenvalue weighted by atomic mass is 131. The van der Waals surface area contributed by atoms with Crippen LogP contribution in [0.25, 0.3) is 0 Å². The highest BCUT2D eigenvalue weighted by Crippen LogP contribution is 2.29. The van der Waals surface area contributed by atoms with Gasteiger partial charge in [0, 0.05) is 33.3 Å². The van der Waals surface area contributed by atoms with Gasteiger partial charge in [-0.2, -0.15) is 0 Å². The van der Waals surface area contributed by atoms with E-state index in [1.807, 2.05) is 0 Å². The van der Waals surface area contributed by atoms with E-state index in [1.165, 1.54) is 7.11 Å². The van der Waals surface area contributed by atoms with Crippen LogP contribution in [0, 0.1) is 3.57 Å². The summed E-state index contributed by atoms with van der Waals surface area (Å²) >= 11 is 7.96. The molecule has 0 atom stereocenters. The van der Waals surface area contributed by atoms with E-state index in [0.717, 1.165) is 23.2 Å². The van der Waals surface area contributed by atoms with Gasteiger partial charge in [0.05, 0.1) is 18.4 Å². The van der Waals surface area contributed by atoms with Crippen LogP contribution in [0.4, 0.5) is 5.69 Å². The molecule has 2 amide bonds. The molecule has 8 heteroatoms. The van der Waals surface area contributed by atoms with Crippen LogP contribution in [0.15, 0.2) is 36.4 Å². The Morgan fingerprint density at radius 1 is 1.10 bits per heavy atom. The number of ether oxygens (including phenoxy) is 1. The topological polar surface area (TPSA) is 70.7 Å². The van der Waals surface area contributed by atoms with E-state index in [2.05, 4.69) is 52.0 Å². The zero-order valence-electron chi connectivity index (χ0n) is 16.7. The van der Waals surface area contributed by atoms with Crippen molar-refractivity contribution in [3.8, 4) is 5.75 Å². The second-order valence-corrected chi connectivity index (χ2v) is 7.87. The zero-order valence-corrected chi connectivity index (χ0v) is 19.6. The summed E-state index contributed by atoms with van der Waals surface area (Å²) in [7, 11) is 1.50. The fourth-order valence-electron chi connectivity index (χ4n) is 2.75. The van der Waals surface area contributed by atoms with Crippen LogP contribution >= 0.6 is 34.2 Å². The number of carbonyl (C=O) groups is 2. The highest BCUT2D eigenvalue weighted by molar-refractivity contribution is 14.1. The summed E-state index contributed by atoms with van der Waals surface area (Å²) in [6, 6.07) is 10.00. The Labute approximate surface area is 190 Å². The molecule has 0 spiro atoms. The maximum atomic E-state index is 12.6. The number of nitrogens with one attached hydrogen (secondary N) is 2. The minimum absolute atomic E-state index is 0.206. The van der Waals surface area contributed by atoms with Crippen molar-refractivity contribution in [2.75, 3.05) is 38.6 Å². The van der Waals surface area contributed by atoms with E-state index in [4.69, 9.17) is 16.3 Å². The fraction of sp³-hybridized carbons (Fsp3) is 0.333. The van der Waals surface area contributed by atoms with E-state index in [0.29, 0.717) is 34.1 Å². The Morgan fingerprint density at radius 3 is 2.34 bits per heavy atom. The summed E-state index contributed by atoms with van der Waals surface area (Å²) in [5.41, 5.74) is 1.49. The van der Waals surface area contributed by atoms with Gasteiger partial charge in [-0.25, -0.2) is 0 Å². The van der Waals surface area contributed by atoms with E-state index in [1.54, 1.807) is 36.4 Å². The molecule has 0 fully saturated rings. The molecule has 0 aliphatic heterocycles. The lowest BCUT2D eigenvalue weighted by Crippen LogP contribution is -2.35. The molecule has 2 aromatic rings. The molecule has 156 valence electrons. The number of carbonyl (C=O) groups excluding carboxylic acids is 2. The summed E-state index contributed by atoms with van der Waals surface area (Å²) in [5.74, 6) is -0.0716. The summed E-state index contributed by atoms with van der Waals surface area (Å²) in [6.45, 7) is 7.40. The number of halogens is 2. The molecular weight excluding hydrogens is 509 g/mol. The van der Waals surface area contributed by atoms with E-state index in [9.17, 15) is 9.59 Å². The van der Waals surface area contributed by atoms with Gasteiger partial charge in [-0.1, -0.05) is 25.4 Å². The highest BCUT2D eigenvalue weighted by Gasteiger charge is 2.17. The number of hydrogen-bond donors (Lipinski definition) is 2. The Hall–Kier alpha value is -1.84. The second-order valence-electron chi connectivity index (χ2n) is 6.28. The number of amides is 2. The Morgan fingerprint density at radius 2 is 1.76 bits per heavy atom. The molecule has 2 aromatic carbocycles. The number of rotatable bonds is 9. The van der Waals surface area contributed by atoms with Crippen molar-refractivity contribution in [3.63, 3.8) is 0 Å². The molecular formula is C21H25ClIN3O3. The number of likely N-dealkylation sites (N-methyl/N-ethyl adjacent to an activating group) is 1. The first-order chi connectivity index (χ1) is 13.9. The van der Waals surface area contributed by atoms with E-state index in [-0.39, 0.29) is 11.8 Å². The molecule has 2 N–H and O–H groups in total. The molecule has 0 aliphatic rings. The SMILES string of the molecule is CCN(CC)CCNC(=O)c1cc([131I])c(NC(=O)c2ccc(Cl)cc2)cc1OC. The van der Waals surface area contributed by atoms with Crippen LogP contribution in [0.5, 0.6) is 5.75 Å². The van der Waals surface area contributed by atoms with Crippen LogP contribution in [0.1, 0.15) is 34.6 Å². The molecule has 6 nitrogen and oxygen atoms in total. The maximum Gasteiger partial charge on any atom is 0.255 e. The number of hydrogen-bond acceptors (Lipinski definition) is 4. The molecule has 0 saturated heterocycles. The molecule has 0 heterocycles. The normalized spacial score (nSPS) is 10.7. The van der Waals surface area contributed by atoms with Crippen LogP contribution in [0.3, 0.4) is 0 Å². The lowest BCUT2D eigenvalue weighted by Gasteiger charge is -2.18. The van der Waals surface area contributed by atoms with Crippen LogP contribution < -0.4 is 15.4 Å². The van der Waals surface area contributed by atoms with Crippen molar-refractivity contribution in [2.45, 2.75) is 13.8 Å². The molecule has 0 unspecified atom stereocenters. The number of benzene rings is 2. The van der Waals surface area contributed by atoms with Crippen molar-refractivity contribution in [2.24, 2.45) is 0 Å². The molecule has 0 radical (unpaired) electrons. The van der Waals surface area contributed by atoms with Gasteiger partial charge < -0.3 is 20.3 Å². The van der Waals surface area contributed by atoms with Crippen molar-refractivity contribution in [1.82, 2.24) is 10.2 Å². The van der Waals surface area contributed by atoms with Crippen molar-refractivity contribution >= 4 is 51.7 Å². The van der Waals surface area contributed by atoms with Crippen molar-refractivity contribution < 1.29 is 14.3 Å². The lowest BCUT2D eigenvalue weighted by molar-refractivity contribution is 0.0945. The molecule has 29 heavy (non-hydrogen) atoms. The van der Waals surface area contributed by atoms with Gasteiger partial charge >= 0.3 is 0 Å². The van der Waals surface area contributed by atoms with Crippen LogP contribution in [0.2, 0.25) is 5.02 Å². The standard InChI is InChI=1S/C21H25ClIN3O3/c1-4-26(5-2)11-10-24-21(28)16-12-17(23)18(13-19(16)29-3)25-20(27)14-6-8-15(22)9-7-14/h6-9,12-13H,4-5,10-11H2,1-3H3,(H,24,28)(H,25,27)/i23+4. The molecule has 0 saturated carbocycles. The monoisotopic (exact) mass is 533 g/mol. The van der Waals surface area contributed by atoms with Gasteiger partial charge in [0.1, 0.15) is 5.75 Å². The number of nitrogens with zero attached hydrogens (tertiary/aromatic N) is 1. The van der Waals surface area contributed by atoms with Crippen LogP contribution in [-0.4, -0.2) is 50.0 Å². The molecule has 0 aromatic heterocycles. The lowest BCUT2D eigenvalue weighted by atomic mass is 10.1. The third-order valence-corrected chi connectivity index (χ3v) is 5.64. The molecule has 0 aliphatic carbocycles. The predicted octanol–water partition coefficient (Wildman–Crippen LogP) is 4.28. The van der Waals surface area contributed by atoms with Gasteiger partial charge in [0.2, 0.25) is 0 Å². The Kier molecular flexibility index (Phi) is 9.19. The number of anilines is 1. The first-order valence-electron chi connectivity index (χ1n) is 9.34. The fourth-order valence-corrected chi connectivity index (χ4v) is 3.48. The first kappa shape index (κ1) is 23.4. The first-order valence-corrected chi connectivity index (χ1v) is 10.8. The van der Waals surface area contributed by atoms with Gasteiger partial charge in [0.25, 0.3) is 11.8 Å². The molecule has 0 bridgehead atoms. The smallest absolute Gasteiger partial charge is 0.255 e. The average Bonchev–Trinajstić information content (AvgIpc) is 2.72. The number of methoxy groups -OCH3 is 1. The van der Waals surface area contributed by atoms with E-state index >= 15 is 0 Å². The van der Waals surface area contributed by atoms with Gasteiger partial charge in [-0.05, 0) is 66.0 Å². The Balaban J connectivity index is 2.12. The summed E-state index contributed by atoms with van der Waals surface area (Å²) in [6.07, 6.45) is 0. The second kappa shape index (κ2) is 11.4. The predicted molar refractivity (Wildman–Crippen MR) is 125 cm³/mol. The minimum atomic E-state index is -0.266. The van der Waals surface area contributed by atoms with Gasteiger partial charge in [-0.15, -0.1) is 0 Å². The Bertz CT molecular complexity index is 855. The largest absolute Gasteiger partial charge is 0.496 e. The minimum Gasteiger partial charge on any atom is -0.496 e. The quantitative estimate of drug-likeness (QED) is 0.472. The zero-order chi connectivity index (χ0) is 21.4. The summed E-state index contributed by atoms with van der Waals surface area (Å²) in [4.78, 5) is 27.3. The molecule has 2 rings (SSSR count). The maximum absolute atomic E-state index is 12.6. The third kappa shape index (κ3) is 6.58. The van der Waals surface area contributed by atoms with Crippen molar-refractivity contribution in [1.29, 1.82) is 0 Å². The average molecular weight is 534 g/mol. The summed E-state index contributed by atoms with van der Waals surface area (Å²) < 4.78 is 6.13. The van der Waals surface area contributed by atoms with Gasteiger partial charge in [0.15, 0.2) is 0 Å². The summed E-state index contributed by atoms with van der Waals surface area (Å²) in [5, 5.41) is 6.34. The third-order valence-electron chi connectivity index (χ3n) is 4.50. The van der Waals surface area contributed by atoms with Gasteiger partial charge in [-0.3, -0.25) is 9.59 Å². The van der Waals surface area contributed by atoms with E-state index < -0.39 is 0 Å².